The van der Waals surface area contributed by atoms with Gasteiger partial charge in [0.2, 0.25) is 15.9 Å². The molecule has 1 heterocycles. The van der Waals surface area contributed by atoms with Crippen LogP contribution < -0.4 is 14.4 Å². The van der Waals surface area contributed by atoms with Crippen LogP contribution in [0.25, 0.3) is 0 Å². The van der Waals surface area contributed by atoms with Crippen molar-refractivity contribution in [2.45, 2.75) is 43.7 Å². The van der Waals surface area contributed by atoms with E-state index in [1.165, 1.54) is 0 Å². The summed E-state index contributed by atoms with van der Waals surface area (Å²) in [5.74, 6) is 0.989. The van der Waals surface area contributed by atoms with Crippen LogP contribution in [-0.2, 0) is 27.8 Å². The summed E-state index contributed by atoms with van der Waals surface area (Å²) in [7, 11) is -2.08. The third kappa shape index (κ3) is 3.64. The first-order chi connectivity index (χ1) is 13.4. The standard InChI is InChI=1S/C21H24N2O4S/c1-14-10-17-12-19(8-9-20(17)23(14)21(24)16-6-7-16)28(25,26)22-13-15-4-3-5-18(11-15)27-2/h3-5,8-9,11-12,14,16,22H,6-7,10,13H2,1-2H3/t14-/m0/s1. The van der Waals surface area contributed by atoms with Crippen molar-refractivity contribution in [1.29, 1.82) is 0 Å². The van der Waals surface area contributed by atoms with Crippen molar-refractivity contribution in [3.63, 3.8) is 0 Å². The Morgan fingerprint density at radius 2 is 2.00 bits per heavy atom. The van der Waals surface area contributed by atoms with Gasteiger partial charge in [0, 0.05) is 24.2 Å². The number of methoxy groups -OCH3 is 1. The van der Waals surface area contributed by atoms with Crippen molar-refractivity contribution < 1.29 is 17.9 Å². The van der Waals surface area contributed by atoms with Crippen LogP contribution >= 0.6 is 0 Å². The van der Waals surface area contributed by atoms with Crippen LogP contribution in [0.5, 0.6) is 5.75 Å². The van der Waals surface area contributed by atoms with Gasteiger partial charge in [-0.05, 0) is 67.6 Å². The summed E-state index contributed by atoms with van der Waals surface area (Å²) in [5.41, 5.74) is 2.57. The third-order valence-electron chi connectivity index (χ3n) is 5.34. The van der Waals surface area contributed by atoms with Gasteiger partial charge in [0.15, 0.2) is 0 Å². The second-order valence-corrected chi connectivity index (χ2v) is 9.27. The Bertz CT molecular complexity index is 1010. The average Bonchev–Trinajstić information content (AvgIpc) is 3.48. The zero-order valence-corrected chi connectivity index (χ0v) is 16.8. The molecule has 2 aliphatic rings. The fourth-order valence-electron chi connectivity index (χ4n) is 3.68. The summed E-state index contributed by atoms with van der Waals surface area (Å²) >= 11 is 0. The predicted molar refractivity (Wildman–Crippen MR) is 107 cm³/mol. The van der Waals surface area contributed by atoms with Crippen LogP contribution in [-0.4, -0.2) is 27.5 Å². The number of amides is 1. The van der Waals surface area contributed by atoms with E-state index < -0.39 is 10.0 Å². The summed E-state index contributed by atoms with van der Waals surface area (Å²) in [6.45, 7) is 2.19. The molecule has 1 saturated carbocycles. The second kappa shape index (κ2) is 7.22. The summed E-state index contributed by atoms with van der Waals surface area (Å²) in [4.78, 5) is 14.6. The van der Waals surface area contributed by atoms with Crippen LogP contribution in [0.2, 0.25) is 0 Å². The number of anilines is 1. The Labute approximate surface area is 165 Å². The zero-order chi connectivity index (χ0) is 19.9. The van der Waals surface area contributed by atoms with Gasteiger partial charge >= 0.3 is 0 Å². The average molecular weight is 401 g/mol. The first-order valence-electron chi connectivity index (χ1n) is 9.47. The van der Waals surface area contributed by atoms with E-state index in [2.05, 4.69) is 4.72 Å². The Kier molecular flexibility index (Phi) is 4.89. The van der Waals surface area contributed by atoms with Crippen LogP contribution in [0.15, 0.2) is 47.4 Å². The van der Waals surface area contributed by atoms with E-state index in [0.717, 1.165) is 29.7 Å². The molecule has 0 radical (unpaired) electrons. The molecule has 0 saturated heterocycles. The number of hydrogen-bond acceptors (Lipinski definition) is 4. The zero-order valence-electron chi connectivity index (χ0n) is 16.0. The van der Waals surface area contributed by atoms with Crippen molar-refractivity contribution in [3.05, 3.63) is 53.6 Å². The lowest BCUT2D eigenvalue weighted by atomic mass is 10.1. The maximum absolute atomic E-state index is 12.8. The number of ether oxygens (including phenoxy) is 1. The number of fused-ring (bicyclic) bond motifs is 1. The van der Waals surface area contributed by atoms with E-state index in [9.17, 15) is 13.2 Å². The molecule has 0 spiro atoms. The predicted octanol–water partition coefficient (Wildman–Crippen LogP) is 2.86. The molecule has 2 aromatic rings. The van der Waals surface area contributed by atoms with Gasteiger partial charge < -0.3 is 9.64 Å². The van der Waals surface area contributed by atoms with Gasteiger partial charge in [-0.3, -0.25) is 4.79 Å². The fourth-order valence-corrected chi connectivity index (χ4v) is 4.75. The molecule has 28 heavy (non-hydrogen) atoms. The number of nitrogens with zero attached hydrogens (tertiary/aromatic N) is 1. The number of benzene rings is 2. The Balaban J connectivity index is 1.52. The van der Waals surface area contributed by atoms with E-state index in [4.69, 9.17) is 4.74 Å². The molecule has 0 bridgehead atoms. The lowest BCUT2D eigenvalue weighted by Crippen LogP contribution is -2.36. The van der Waals surface area contributed by atoms with Crippen molar-refractivity contribution in [3.8, 4) is 5.75 Å². The van der Waals surface area contributed by atoms with E-state index in [-0.39, 0.29) is 29.3 Å². The first-order valence-corrected chi connectivity index (χ1v) is 11.0. The van der Waals surface area contributed by atoms with Gasteiger partial charge in [0.05, 0.1) is 12.0 Å². The minimum absolute atomic E-state index is 0.0609. The van der Waals surface area contributed by atoms with E-state index in [0.29, 0.717) is 12.2 Å². The van der Waals surface area contributed by atoms with Gasteiger partial charge in [-0.2, -0.15) is 0 Å². The topological polar surface area (TPSA) is 75.7 Å². The Hall–Kier alpha value is -2.38. The summed E-state index contributed by atoms with van der Waals surface area (Å²) in [6.07, 6.45) is 2.59. The molecule has 2 aromatic carbocycles. The van der Waals surface area contributed by atoms with Crippen LogP contribution in [0.1, 0.15) is 30.9 Å². The smallest absolute Gasteiger partial charge is 0.240 e. The Morgan fingerprint density at radius 1 is 1.21 bits per heavy atom. The fraction of sp³-hybridized carbons (Fsp3) is 0.381. The molecule has 4 rings (SSSR count). The van der Waals surface area contributed by atoms with Crippen LogP contribution in [0, 0.1) is 5.92 Å². The molecule has 148 valence electrons. The van der Waals surface area contributed by atoms with Crippen LogP contribution in [0.3, 0.4) is 0 Å². The highest BCUT2D eigenvalue weighted by molar-refractivity contribution is 7.89. The number of nitrogens with one attached hydrogen (secondary N) is 1. The van der Waals surface area contributed by atoms with Gasteiger partial charge in [0.25, 0.3) is 0 Å². The molecular weight excluding hydrogens is 376 g/mol. The molecule has 1 N–H and O–H groups in total. The molecule has 0 aromatic heterocycles. The van der Waals surface area contributed by atoms with E-state index in [1.807, 2.05) is 30.0 Å². The van der Waals surface area contributed by atoms with E-state index >= 15 is 0 Å². The molecule has 0 unspecified atom stereocenters. The lowest BCUT2D eigenvalue weighted by molar-refractivity contribution is -0.120. The molecule has 1 fully saturated rings. The summed E-state index contributed by atoms with van der Waals surface area (Å²) < 4.78 is 33.3. The largest absolute Gasteiger partial charge is 0.497 e. The van der Waals surface area contributed by atoms with Gasteiger partial charge in [0.1, 0.15) is 5.75 Å². The number of carbonyl (C=O) groups excluding carboxylic acids is 1. The molecule has 1 aliphatic heterocycles. The highest BCUT2D eigenvalue weighted by Gasteiger charge is 2.39. The maximum atomic E-state index is 12.8. The highest BCUT2D eigenvalue weighted by atomic mass is 32.2. The SMILES string of the molecule is COc1cccc(CNS(=O)(=O)c2ccc3c(c2)C[C@H](C)N3C(=O)C2CC2)c1. The van der Waals surface area contributed by atoms with Gasteiger partial charge in [-0.25, -0.2) is 13.1 Å². The number of carbonyl (C=O) groups is 1. The molecule has 1 atom stereocenters. The lowest BCUT2D eigenvalue weighted by Gasteiger charge is -2.22. The number of rotatable bonds is 6. The maximum Gasteiger partial charge on any atom is 0.240 e. The summed E-state index contributed by atoms with van der Waals surface area (Å²) in [5, 5.41) is 0. The van der Waals surface area contributed by atoms with E-state index in [1.54, 1.807) is 31.4 Å². The molecule has 1 amide bonds. The third-order valence-corrected chi connectivity index (χ3v) is 6.74. The quantitative estimate of drug-likeness (QED) is 0.809. The van der Waals surface area contributed by atoms with Crippen molar-refractivity contribution >= 4 is 21.6 Å². The minimum atomic E-state index is -3.65. The minimum Gasteiger partial charge on any atom is -0.497 e. The molecular formula is C21H24N2O4S. The van der Waals surface area contributed by atoms with Crippen molar-refractivity contribution in [1.82, 2.24) is 4.72 Å². The van der Waals surface area contributed by atoms with Crippen molar-refractivity contribution in [2.24, 2.45) is 5.92 Å². The monoisotopic (exact) mass is 400 g/mol. The van der Waals surface area contributed by atoms with Gasteiger partial charge in [-0.15, -0.1) is 0 Å². The second-order valence-electron chi connectivity index (χ2n) is 7.50. The summed E-state index contributed by atoms with van der Waals surface area (Å²) in [6, 6.07) is 12.4. The normalized spacial score (nSPS) is 18.8. The van der Waals surface area contributed by atoms with Crippen LogP contribution in [0.4, 0.5) is 5.69 Å². The highest BCUT2D eigenvalue weighted by Crippen LogP contribution is 2.39. The van der Waals surface area contributed by atoms with Crippen molar-refractivity contribution in [2.75, 3.05) is 12.0 Å². The first kappa shape index (κ1) is 19.0. The van der Waals surface area contributed by atoms with Gasteiger partial charge in [-0.1, -0.05) is 12.1 Å². The molecule has 6 nitrogen and oxygen atoms in total. The Morgan fingerprint density at radius 3 is 2.71 bits per heavy atom. The number of sulfonamides is 1. The number of hydrogen-bond donors (Lipinski definition) is 1. The molecule has 7 heteroatoms. The molecule has 1 aliphatic carbocycles.